The third kappa shape index (κ3) is 9.89. The van der Waals surface area contributed by atoms with Crippen molar-refractivity contribution in [1.82, 2.24) is 4.90 Å². The Morgan fingerprint density at radius 1 is 1.41 bits per heavy atom. The minimum Gasteiger partial charge on any atom is -0.389 e. The zero-order chi connectivity index (χ0) is 13.1. The minimum absolute atomic E-state index is 0.367. The van der Waals surface area contributed by atoms with Crippen LogP contribution in [-0.4, -0.2) is 61.0 Å². The molecule has 0 bridgehead atoms. The molecule has 0 aromatic rings. The molecule has 0 aromatic carbocycles. The summed E-state index contributed by atoms with van der Waals surface area (Å²) in [5.74, 6) is 1.18. The molecule has 2 atom stereocenters. The lowest BCUT2D eigenvalue weighted by Crippen LogP contribution is -2.38. The molecule has 1 N–H and O–H groups in total. The Bertz CT molecular complexity index is 169. The molecule has 17 heavy (non-hydrogen) atoms. The minimum atomic E-state index is -0.367. The second-order valence-electron chi connectivity index (χ2n) is 4.65. The van der Waals surface area contributed by atoms with Crippen molar-refractivity contribution in [2.24, 2.45) is 0 Å². The number of thioether (sulfide) groups is 1. The Kier molecular flexibility index (Phi) is 11.5. The molecule has 0 rings (SSSR count). The number of aliphatic hydroxyl groups excluding tert-OH is 1. The second-order valence-corrected chi connectivity index (χ2v) is 5.64. The topological polar surface area (TPSA) is 32.7 Å². The van der Waals surface area contributed by atoms with Gasteiger partial charge in [-0.15, -0.1) is 0 Å². The van der Waals surface area contributed by atoms with Crippen LogP contribution in [0.15, 0.2) is 0 Å². The standard InChI is InChI=1S/C13H29NO2S/c1-5-6-8-16-11-13(15)10-14(3)12(2)7-9-17-4/h12-13,15H,5-11H2,1-4H3. The van der Waals surface area contributed by atoms with Gasteiger partial charge in [-0.1, -0.05) is 13.3 Å². The zero-order valence-corrected chi connectivity index (χ0v) is 12.6. The van der Waals surface area contributed by atoms with E-state index in [1.165, 1.54) is 12.2 Å². The van der Waals surface area contributed by atoms with E-state index in [1.807, 2.05) is 11.8 Å². The van der Waals surface area contributed by atoms with Crippen LogP contribution in [0.3, 0.4) is 0 Å². The van der Waals surface area contributed by atoms with Crippen molar-refractivity contribution in [3.8, 4) is 0 Å². The number of hydrogen-bond acceptors (Lipinski definition) is 4. The SMILES string of the molecule is CCCCOCC(O)CN(C)C(C)CCSC. The third-order valence-corrected chi connectivity index (χ3v) is 3.59. The summed E-state index contributed by atoms with van der Waals surface area (Å²) >= 11 is 1.87. The van der Waals surface area contributed by atoms with Crippen LogP contribution in [0.1, 0.15) is 33.1 Å². The van der Waals surface area contributed by atoms with E-state index in [9.17, 15) is 5.11 Å². The lowest BCUT2D eigenvalue weighted by Gasteiger charge is -2.26. The highest BCUT2D eigenvalue weighted by Crippen LogP contribution is 2.06. The summed E-state index contributed by atoms with van der Waals surface area (Å²) in [6.45, 7) is 6.27. The fraction of sp³-hybridized carbons (Fsp3) is 1.00. The Morgan fingerprint density at radius 3 is 2.71 bits per heavy atom. The number of nitrogens with zero attached hydrogens (tertiary/aromatic N) is 1. The first-order valence-electron chi connectivity index (χ1n) is 6.56. The molecule has 0 saturated heterocycles. The highest BCUT2D eigenvalue weighted by Gasteiger charge is 2.13. The Balaban J connectivity index is 3.59. The van der Waals surface area contributed by atoms with Crippen LogP contribution in [0.5, 0.6) is 0 Å². The molecule has 4 heteroatoms. The lowest BCUT2D eigenvalue weighted by atomic mass is 10.2. The van der Waals surface area contributed by atoms with E-state index in [0.717, 1.165) is 19.4 Å². The number of hydrogen-bond donors (Lipinski definition) is 1. The van der Waals surface area contributed by atoms with E-state index in [0.29, 0.717) is 19.2 Å². The summed E-state index contributed by atoms with van der Waals surface area (Å²) in [7, 11) is 2.07. The highest BCUT2D eigenvalue weighted by molar-refractivity contribution is 7.98. The van der Waals surface area contributed by atoms with E-state index < -0.39 is 0 Å². The van der Waals surface area contributed by atoms with Gasteiger partial charge in [0, 0.05) is 19.2 Å². The van der Waals surface area contributed by atoms with E-state index in [4.69, 9.17) is 4.74 Å². The largest absolute Gasteiger partial charge is 0.389 e. The molecule has 0 radical (unpaired) electrons. The first-order chi connectivity index (χ1) is 8.11. The van der Waals surface area contributed by atoms with Crippen molar-refractivity contribution in [1.29, 1.82) is 0 Å². The van der Waals surface area contributed by atoms with Gasteiger partial charge in [-0.3, -0.25) is 0 Å². The molecule has 0 aliphatic carbocycles. The summed E-state index contributed by atoms with van der Waals surface area (Å²) in [6, 6.07) is 0.521. The van der Waals surface area contributed by atoms with Crippen LogP contribution in [0.25, 0.3) is 0 Å². The predicted molar refractivity (Wildman–Crippen MR) is 76.8 cm³/mol. The molecule has 0 heterocycles. The lowest BCUT2D eigenvalue weighted by molar-refractivity contribution is 0.0143. The maximum Gasteiger partial charge on any atom is 0.0900 e. The van der Waals surface area contributed by atoms with Gasteiger partial charge in [0.25, 0.3) is 0 Å². The monoisotopic (exact) mass is 263 g/mol. The number of aliphatic hydroxyl groups is 1. The van der Waals surface area contributed by atoms with Gasteiger partial charge in [-0.25, -0.2) is 0 Å². The Morgan fingerprint density at radius 2 is 2.12 bits per heavy atom. The molecule has 0 amide bonds. The van der Waals surface area contributed by atoms with Crippen molar-refractivity contribution < 1.29 is 9.84 Å². The van der Waals surface area contributed by atoms with E-state index in [1.54, 1.807) is 0 Å². The van der Waals surface area contributed by atoms with E-state index in [2.05, 4.69) is 32.1 Å². The summed E-state index contributed by atoms with van der Waals surface area (Å²) in [4.78, 5) is 2.21. The second kappa shape index (κ2) is 11.3. The summed E-state index contributed by atoms with van der Waals surface area (Å²) in [5, 5.41) is 9.82. The molecule has 2 unspecified atom stereocenters. The maximum absolute atomic E-state index is 9.82. The number of unbranched alkanes of at least 4 members (excludes halogenated alkanes) is 1. The van der Waals surface area contributed by atoms with Gasteiger partial charge in [0.05, 0.1) is 12.7 Å². The molecule has 0 fully saturated rings. The Hall–Kier alpha value is 0.230. The summed E-state index contributed by atoms with van der Waals surface area (Å²) in [5.41, 5.74) is 0. The first kappa shape index (κ1) is 17.2. The summed E-state index contributed by atoms with van der Waals surface area (Å²) < 4.78 is 5.42. The third-order valence-electron chi connectivity index (χ3n) is 2.94. The molecule has 0 aromatic heterocycles. The van der Waals surface area contributed by atoms with E-state index >= 15 is 0 Å². The van der Waals surface area contributed by atoms with Crippen molar-refractivity contribution in [3.63, 3.8) is 0 Å². The van der Waals surface area contributed by atoms with Gasteiger partial charge in [0.2, 0.25) is 0 Å². The molecule has 0 aliphatic rings. The number of ether oxygens (including phenoxy) is 1. The highest BCUT2D eigenvalue weighted by atomic mass is 32.2. The first-order valence-corrected chi connectivity index (χ1v) is 7.96. The van der Waals surface area contributed by atoms with Crippen LogP contribution >= 0.6 is 11.8 Å². The van der Waals surface area contributed by atoms with Crippen LogP contribution in [0.4, 0.5) is 0 Å². The number of likely N-dealkylation sites (N-methyl/N-ethyl adjacent to an activating group) is 1. The zero-order valence-electron chi connectivity index (χ0n) is 11.8. The molecule has 0 spiro atoms. The normalized spacial score (nSPS) is 15.2. The molecule has 104 valence electrons. The quantitative estimate of drug-likeness (QED) is 0.580. The molecule has 0 aliphatic heterocycles. The van der Waals surface area contributed by atoms with Crippen molar-refractivity contribution in [2.45, 2.75) is 45.3 Å². The van der Waals surface area contributed by atoms with Gasteiger partial charge < -0.3 is 14.7 Å². The van der Waals surface area contributed by atoms with Crippen LogP contribution in [0, 0.1) is 0 Å². The van der Waals surface area contributed by atoms with Gasteiger partial charge >= 0.3 is 0 Å². The Labute approximate surface area is 111 Å². The van der Waals surface area contributed by atoms with Gasteiger partial charge in [-0.05, 0) is 38.8 Å². The molecular formula is C13H29NO2S. The van der Waals surface area contributed by atoms with Gasteiger partial charge in [0.15, 0.2) is 0 Å². The average molecular weight is 263 g/mol. The van der Waals surface area contributed by atoms with Crippen LogP contribution in [-0.2, 0) is 4.74 Å². The molecular weight excluding hydrogens is 234 g/mol. The maximum atomic E-state index is 9.82. The van der Waals surface area contributed by atoms with Crippen molar-refractivity contribution in [3.05, 3.63) is 0 Å². The van der Waals surface area contributed by atoms with Crippen LogP contribution < -0.4 is 0 Å². The van der Waals surface area contributed by atoms with Crippen molar-refractivity contribution in [2.75, 3.05) is 38.8 Å². The molecule has 3 nitrogen and oxygen atoms in total. The van der Waals surface area contributed by atoms with Crippen LogP contribution in [0.2, 0.25) is 0 Å². The van der Waals surface area contributed by atoms with Gasteiger partial charge in [0.1, 0.15) is 0 Å². The fourth-order valence-corrected chi connectivity index (χ4v) is 2.12. The number of rotatable bonds is 11. The van der Waals surface area contributed by atoms with E-state index in [-0.39, 0.29) is 6.10 Å². The van der Waals surface area contributed by atoms with Gasteiger partial charge in [-0.2, -0.15) is 11.8 Å². The summed E-state index contributed by atoms with van der Waals surface area (Å²) in [6.07, 6.45) is 5.15. The molecule has 0 saturated carbocycles. The smallest absolute Gasteiger partial charge is 0.0900 e. The predicted octanol–water partition coefficient (Wildman–Crippen LogP) is 2.24. The fourth-order valence-electron chi connectivity index (χ4n) is 1.54. The average Bonchev–Trinajstić information content (AvgIpc) is 2.31. The van der Waals surface area contributed by atoms with Crippen molar-refractivity contribution >= 4 is 11.8 Å².